The van der Waals surface area contributed by atoms with Gasteiger partial charge in [0.1, 0.15) is 23.0 Å². The van der Waals surface area contributed by atoms with Crippen LogP contribution in [0.4, 0.5) is 45.5 Å². The molecular weight excluding hydrogens is 1000 g/mol. The maximum Gasteiger partial charge on any atom is 0.268 e. The zero-order chi connectivity index (χ0) is 46.1. The van der Waals surface area contributed by atoms with Gasteiger partial charge >= 0.3 is 0 Å². The number of benzene rings is 7. The van der Waals surface area contributed by atoms with E-state index in [1.165, 1.54) is 117 Å². The summed E-state index contributed by atoms with van der Waals surface area (Å²) in [7, 11) is 0. The van der Waals surface area contributed by atoms with E-state index < -0.39 is 0 Å². The summed E-state index contributed by atoms with van der Waals surface area (Å²) in [6.45, 7) is -0.0226. The molecule has 15 rings (SSSR count). The maximum atomic E-state index is 7.07. The van der Waals surface area contributed by atoms with Crippen LogP contribution in [0.1, 0.15) is 0 Å². The highest BCUT2D eigenvalue weighted by Crippen LogP contribution is 2.50. The molecule has 9 aromatic rings. The van der Waals surface area contributed by atoms with Crippen LogP contribution in [0.2, 0.25) is 0 Å². The summed E-state index contributed by atoms with van der Waals surface area (Å²) in [6, 6.07) is 41.8. The van der Waals surface area contributed by atoms with Gasteiger partial charge < -0.3 is 14.8 Å². The quantitative estimate of drug-likeness (QED) is 0.0980. The standard InChI is InChI=1S/C52H37B3N4O2S8/c1-62-25-15-35-46-42(19-25)60-49-28-11-7-9-13-44(28)68-51(49)54(46)30-21-31-36(23-34(30)56-35)57(65-4)39-16-26(63-2)17-40-47(39)53(31)32-22-33-38(24-37(32)58(40)66-5)59(67-6)41-18-27(64-3)20-43-48(41)55(33)52-50(61-43)29-12-8-10-14-45(29)69-52/h7-24,56H,1-6H3. The van der Waals surface area contributed by atoms with Gasteiger partial charge in [0.2, 0.25) is 0 Å². The molecule has 0 radical (unpaired) electrons. The largest absolute Gasteiger partial charge is 0.457 e. The highest BCUT2D eigenvalue weighted by molar-refractivity contribution is 8.01. The average molecular weight is 1040 g/mol. The topological polar surface area (TPSA) is 40.2 Å². The predicted octanol–water partition coefficient (Wildman–Crippen LogP) is 10.3. The highest BCUT2D eigenvalue weighted by Gasteiger charge is 2.50. The number of fused-ring (bicyclic) bond motifs is 16. The van der Waals surface area contributed by atoms with Crippen LogP contribution in [0, 0.1) is 0 Å². The summed E-state index contributed by atoms with van der Waals surface area (Å²) >= 11 is 14.5. The number of rotatable bonds is 6. The van der Waals surface area contributed by atoms with Crippen LogP contribution in [0.5, 0.6) is 23.0 Å². The lowest BCUT2D eigenvalue weighted by atomic mass is 9.30. The van der Waals surface area contributed by atoms with Crippen molar-refractivity contribution in [1.29, 1.82) is 0 Å². The number of nitrogens with one attached hydrogen (secondary N) is 1. The molecule has 69 heavy (non-hydrogen) atoms. The Morgan fingerprint density at radius 1 is 0.435 bits per heavy atom. The van der Waals surface area contributed by atoms with Gasteiger partial charge in [0.15, 0.2) is 0 Å². The van der Waals surface area contributed by atoms with Crippen molar-refractivity contribution in [3.8, 4) is 23.0 Å². The molecule has 17 heteroatoms. The van der Waals surface area contributed by atoms with Gasteiger partial charge in [0, 0.05) is 91.6 Å². The van der Waals surface area contributed by atoms with Gasteiger partial charge in [-0.3, -0.25) is 12.9 Å². The van der Waals surface area contributed by atoms with E-state index in [0.717, 1.165) is 34.4 Å². The molecule has 0 spiro atoms. The zero-order valence-electron chi connectivity index (χ0n) is 38.0. The fourth-order valence-corrected chi connectivity index (χ4v) is 18.0. The molecule has 6 aliphatic rings. The number of nitrogens with zero attached hydrogens (tertiary/aromatic N) is 3. The minimum Gasteiger partial charge on any atom is -0.457 e. The molecule has 7 aromatic carbocycles. The van der Waals surface area contributed by atoms with Gasteiger partial charge in [0.05, 0.1) is 17.1 Å². The Balaban J connectivity index is 1.02. The second-order valence-electron chi connectivity index (χ2n) is 17.8. The van der Waals surface area contributed by atoms with Crippen LogP contribution < -0.4 is 75.5 Å². The summed E-state index contributed by atoms with van der Waals surface area (Å²) < 4.78 is 26.6. The van der Waals surface area contributed by atoms with Crippen molar-refractivity contribution in [3.05, 3.63) is 109 Å². The van der Waals surface area contributed by atoms with Gasteiger partial charge in [-0.1, -0.05) is 36.4 Å². The average Bonchev–Trinajstić information content (AvgIpc) is 3.95. The Labute approximate surface area is 435 Å². The molecule has 2 aromatic heterocycles. The molecular formula is C52H37B3N4O2S8. The molecule has 1 N–H and O–H groups in total. The van der Waals surface area contributed by atoms with E-state index in [0.29, 0.717) is 0 Å². The van der Waals surface area contributed by atoms with Gasteiger partial charge in [-0.2, -0.15) is 0 Å². The lowest BCUT2D eigenvalue weighted by Crippen LogP contribution is -2.65. The summed E-state index contributed by atoms with van der Waals surface area (Å²) in [5, 5.41) is 6.37. The van der Waals surface area contributed by atoms with Gasteiger partial charge in [0.25, 0.3) is 20.1 Å². The Bertz CT molecular complexity index is 3790. The number of thiophene rings is 2. The van der Waals surface area contributed by atoms with Gasteiger partial charge in [-0.25, -0.2) is 0 Å². The number of hydrogen-bond acceptors (Lipinski definition) is 14. The first-order chi connectivity index (χ1) is 33.9. The Morgan fingerprint density at radius 2 is 0.899 bits per heavy atom. The van der Waals surface area contributed by atoms with Crippen LogP contribution >= 0.6 is 93.8 Å². The fraction of sp³-hybridized carbons (Fsp3) is 0.115. The molecule has 0 aliphatic carbocycles. The molecule has 0 saturated carbocycles. The van der Waals surface area contributed by atoms with Crippen molar-refractivity contribution in [2.24, 2.45) is 0 Å². The molecule has 0 bridgehead atoms. The van der Waals surface area contributed by atoms with Crippen LogP contribution in [-0.2, 0) is 0 Å². The van der Waals surface area contributed by atoms with E-state index in [-0.39, 0.29) is 20.1 Å². The van der Waals surface area contributed by atoms with Crippen LogP contribution in [0.25, 0.3) is 20.2 Å². The first kappa shape index (κ1) is 42.3. The summed E-state index contributed by atoms with van der Waals surface area (Å²) in [5.74, 6) is 3.90. The molecule has 8 heterocycles. The van der Waals surface area contributed by atoms with Crippen molar-refractivity contribution < 1.29 is 9.47 Å². The summed E-state index contributed by atoms with van der Waals surface area (Å²) in [6.07, 6.45) is 13.2. The molecule has 0 fully saturated rings. The van der Waals surface area contributed by atoms with Crippen molar-refractivity contribution in [1.82, 2.24) is 0 Å². The smallest absolute Gasteiger partial charge is 0.268 e. The minimum atomic E-state index is -0.0380. The Kier molecular flexibility index (Phi) is 9.51. The fourth-order valence-electron chi connectivity index (χ4n) is 12.0. The zero-order valence-corrected chi connectivity index (χ0v) is 44.6. The van der Waals surface area contributed by atoms with Crippen LogP contribution in [0.3, 0.4) is 0 Å². The third-order valence-corrected chi connectivity index (χ3v) is 21.6. The van der Waals surface area contributed by atoms with Crippen molar-refractivity contribution in [2.75, 3.05) is 55.8 Å². The molecule has 334 valence electrons. The number of ether oxygens (including phenoxy) is 2. The maximum absolute atomic E-state index is 7.07. The van der Waals surface area contributed by atoms with E-state index in [4.69, 9.17) is 9.47 Å². The number of hydrogen-bond donors (Lipinski definition) is 1. The summed E-state index contributed by atoms with van der Waals surface area (Å²) in [4.78, 5) is 3.64. The van der Waals surface area contributed by atoms with E-state index in [9.17, 15) is 0 Å². The monoisotopic (exact) mass is 1040 g/mol. The van der Waals surface area contributed by atoms with Gasteiger partial charge in [-0.15, -0.1) is 58.0 Å². The van der Waals surface area contributed by atoms with Crippen molar-refractivity contribution in [3.63, 3.8) is 0 Å². The number of anilines is 8. The Hall–Kier alpha value is -4.45. The van der Waals surface area contributed by atoms with Crippen LogP contribution in [0.15, 0.2) is 124 Å². The number of thioether (sulfide) groups is 3. The SMILES string of the molecule is CSc1cc2c3c(c1)Oc1c(sc4ccccc14)B3c1cc3c(cc1N2)N(SC)c1cc(SC)cc2c1B3c1cc3c(cc1N2SC)N(SC)c1cc(SC)cc2c1B3c1sc3ccccc3c1O2. The second-order valence-corrected chi connectivity index (χ2v) is 24.8. The third kappa shape index (κ3) is 5.70. The first-order valence-electron chi connectivity index (χ1n) is 22.6. The van der Waals surface area contributed by atoms with E-state index in [2.05, 4.69) is 165 Å². The van der Waals surface area contributed by atoms with E-state index in [1.54, 1.807) is 59.4 Å². The van der Waals surface area contributed by atoms with E-state index in [1.807, 2.05) is 34.4 Å². The molecule has 0 atom stereocenters. The van der Waals surface area contributed by atoms with Crippen LogP contribution in [-0.4, -0.2) is 57.7 Å². The highest BCUT2D eigenvalue weighted by atomic mass is 32.2. The minimum absolute atomic E-state index is 0.00595. The summed E-state index contributed by atoms with van der Waals surface area (Å²) in [5.41, 5.74) is 18.8. The third-order valence-electron chi connectivity index (χ3n) is 14.7. The molecule has 6 aliphatic heterocycles. The lowest BCUT2D eigenvalue weighted by Gasteiger charge is -2.45. The predicted molar refractivity (Wildman–Crippen MR) is 316 cm³/mol. The molecule has 0 saturated heterocycles. The van der Waals surface area contributed by atoms with Crippen molar-refractivity contribution >= 4 is 227 Å². The lowest BCUT2D eigenvalue weighted by molar-refractivity contribution is 0.493. The van der Waals surface area contributed by atoms with Gasteiger partial charge in [-0.05, 0) is 166 Å². The molecule has 0 unspecified atom stereocenters. The van der Waals surface area contributed by atoms with Crippen molar-refractivity contribution in [2.45, 2.75) is 14.7 Å². The first-order valence-corrected chi connectivity index (χ1v) is 31.5. The van der Waals surface area contributed by atoms with E-state index >= 15 is 0 Å². The Morgan fingerprint density at radius 3 is 1.46 bits per heavy atom. The second kappa shape index (κ2) is 15.5. The molecule has 0 amide bonds. The molecule has 6 nitrogen and oxygen atoms in total. The normalized spacial score (nSPS) is 14.8.